The first-order valence-corrected chi connectivity index (χ1v) is 9.56. The fourth-order valence-corrected chi connectivity index (χ4v) is 3.30. The molecule has 1 heterocycles. The normalized spacial score (nSPS) is 11.4. The van der Waals surface area contributed by atoms with Crippen LogP contribution >= 0.6 is 23.8 Å². The van der Waals surface area contributed by atoms with Gasteiger partial charge in [-0.2, -0.15) is 18.3 Å². The molecule has 3 rings (SSSR count). The second-order valence-electron chi connectivity index (χ2n) is 6.61. The number of hydrogen-bond acceptors (Lipinski definition) is 2. The Morgan fingerprint density at radius 3 is 2.53 bits per heavy atom. The molecule has 0 radical (unpaired) electrons. The number of nitrogens with zero attached hydrogens (tertiary/aromatic N) is 2. The summed E-state index contributed by atoms with van der Waals surface area (Å²) in [5.74, 6) is -0.538. The van der Waals surface area contributed by atoms with Gasteiger partial charge in [-0.15, -0.1) is 0 Å². The predicted octanol–water partition coefficient (Wildman–Crippen LogP) is 6.17. The Balaban J connectivity index is 1.75. The quantitative estimate of drug-likeness (QED) is 0.364. The summed E-state index contributed by atoms with van der Waals surface area (Å²) >= 11 is 11.1. The summed E-state index contributed by atoms with van der Waals surface area (Å²) in [5.41, 5.74) is 2.23. The van der Waals surface area contributed by atoms with Crippen LogP contribution in [0.4, 0.5) is 28.9 Å². The Bertz CT molecular complexity index is 1090. The molecule has 0 fully saturated rings. The van der Waals surface area contributed by atoms with Gasteiger partial charge in [0.05, 0.1) is 34.2 Å². The third-order valence-corrected chi connectivity index (χ3v) is 4.88. The molecule has 0 unspecified atom stereocenters. The molecule has 0 atom stereocenters. The van der Waals surface area contributed by atoms with Crippen molar-refractivity contribution in [2.24, 2.45) is 0 Å². The molecule has 1 aromatic heterocycles. The summed E-state index contributed by atoms with van der Waals surface area (Å²) in [6.45, 7) is 3.72. The first kappa shape index (κ1) is 22.0. The van der Waals surface area contributed by atoms with Crippen molar-refractivity contribution >= 4 is 40.3 Å². The van der Waals surface area contributed by atoms with E-state index in [1.807, 2.05) is 0 Å². The minimum absolute atomic E-state index is 0.0379. The SMILES string of the molecule is Cc1nn(Cc2cccc(C(F)(F)F)c2)c(C)c1NC(=S)Nc1ccc(F)c(Cl)c1. The van der Waals surface area contributed by atoms with Gasteiger partial charge in [0.2, 0.25) is 0 Å². The van der Waals surface area contributed by atoms with Crippen molar-refractivity contribution in [2.45, 2.75) is 26.6 Å². The molecule has 0 bridgehead atoms. The zero-order valence-corrected chi connectivity index (χ0v) is 17.5. The first-order chi connectivity index (χ1) is 14.0. The van der Waals surface area contributed by atoms with Crippen LogP contribution in [0, 0.1) is 19.7 Å². The number of nitrogens with one attached hydrogen (secondary N) is 2. The first-order valence-electron chi connectivity index (χ1n) is 8.78. The summed E-state index contributed by atoms with van der Waals surface area (Å²) < 4.78 is 53.7. The Morgan fingerprint density at radius 2 is 1.87 bits per heavy atom. The molecule has 2 N–H and O–H groups in total. The van der Waals surface area contributed by atoms with Gasteiger partial charge in [-0.3, -0.25) is 4.68 Å². The third-order valence-electron chi connectivity index (χ3n) is 4.38. The summed E-state index contributed by atoms with van der Waals surface area (Å²) in [6.07, 6.45) is -4.40. The molecule has 0 aliphatic carbocycles. The van der Waals surface area contributed by atoms with Gasteiger partial charge in [-0.25, -0.2) is 4.39 Å². The third kappa shape index (κ3) is 5.09. The number of anilines is 2. The molecule has 2 aromatic carbocycles. The fourth-order valence-electron chi connectivity index (χ4n) is 2.90. The largest absolute Gasteiger partial charge is 0.416 e. The van der Waals surface area contributed by atoms with Crippen molar-refractivity contribution in [1.29, 1.82) is 0 Å². The van der Waals surface area contributed by atoms with Gasteiger partial charge in [0.15, 0.2) is 5.11 Å². The monoisotopic (exact) mass is 456 g/mol. The lowest BCUT2D eigenvalue weighted by molar-refractivity contribution is -0.137. The summed E-state index contributed by atoms with van der Waals surface area (Å²) in [5, 5.41) is 10.5. The van der Waals surface area contributed by atoms with Crippen molar-refractivity contribution in [3.63, 3.8) is 0 Å². The molecule has 4 nitrogen and oxygen atoms in total. The fraction of sp³-hybridized carbons (Fsp3) is 0.200. The molecule has 3 aromatic rings. The van der Waals surface area contributed by atoms with Gasteiger partial charge in [-0.05, 0) is 62.0 Å². The Hall–Kier alpha value is -2.65. The summed E-state index contributed by atoms with van der Waals surface area (Å²) in [7, 11) is 0. The molecule has 158 valence electrons. The molecule has 0 saturated carbocycles. The average Bonchev–Trinajstić information content (AvgIpc) is 2.92. The second-order valence-corrected chi connectivity index (χ2v) is 7.43. The van der Waals surface area contributed by atoms with Crippen LogP contribution in [0.2, 0.25) is 5.02 Å². The summed E-state index contributed by atoms with van der Waals surface area (Å²) in [6, 6.07) is 9.24. The number of aryl methyl sites for hydroxylation is 1. The van der Waals surface area contributed by atoms with E-state index in [2.05, 4.69) is 15.7 Å². The van der Waals surface area contributed by atoms with E-state index >= 15 is 0 Å². The second kappa shape index (κ2) is 8.61. The highest BCUT2D eigenvalue weighted by Crippen LogP contribution is 2.30. The Morgan fingerprint density at radius 1 is 1.13 bits per heavy atom. The van der Waals surface area contributed by atoms with Gasteiger partial charge in [0.25, 0.3) is 0 Å². The number of benzene rings is 2. The molecule has 10 heteroatoms. The van der Waals surface area contributed by atoms with Crippen LogP contribution in [-0.2, 0) is 12.7 Å². The molecule has 0 amide bonds. The Labute approximate surface area is 180 Å². The number of rotatable bonds is 4. The van der Waals surface area contributed by atoms with Gasteiger partial charge in [0.1, 0.15) is 5.82 Å². The number of hydrogen-bond donors (Lipinski definition) is 2. The van der Waals surface area contributed by atoms with Gasteiger partial charge >= 0.3 is 6.18 Å². The van der Waals surface area contributed by atoms with Gasteiger partial charge in [-0.1, -0.05) is 23.7 Å². The number of aromatic nitrogens is 2. The lowest BCUT2D eigenvalue weighted by atomic mass is 10.1. The molecule has 0 aliphatic heterocycles. The minimum Gasteiger partial charge on any atom is -0.332 e. The molecular formula is C20H17ClF4N4S. The zero-order chi connectivity index (χ0) is 22.1. The van der Waals surface area contributed by atoms with E-state index in [0.29, 0.717) is 28.3 Å². The lowest BCUT2D eigenvalue weighted by Gasteiger charge is -2.12. The molecule has 0 aliphatic rings. The van der Waals surface area contributed by atoms with Crippen LogP contribution in [0.1, 0.15) is 22.5 Å². The Kier molecular flexibility index (Phi) is 6.33. The molecular weight excluding hydrogens is 440 g/mol. The van der Waals surface area contributed by atoms with Crippen LogP contribution in [0.15, 0.2) is 42.5 Å². The van der Waals surface area contributed by atoms with E-state index in [4.69, 9.17) is 23.8 Å². The van der Waals surface area contributed by atoms with E-state index in [9.17, 15) is 17.6 Å². The maximum Gasteiger partial charge on any atom is 0.416 e. The molecule has 30 heavy (non-hydrogen) atoms. The van der Waals surface area contributed by atoms with E-state index in [1.165, 1.54) is 24.3 Å². The number of alkyl halides is 3. The zero-order valence-electron chi connectivity index (χ0n) is 15.9. The standard InChI is InChI=1S/C20H17ClF4N4S/c1-11-18(27-19(30)26-15-6-7-17(22)16(21)9-15)12(2)29(28-11)10-13-4-3-5-14(8-13)20(23,24)25/h3-9H,10H2,1-2H3,(H2,26,27,30). The van der Waals surface area contributed by atoms with Crippen LogP contribution in [0.5, 0.6) is 0 Å². The van der Waals surface area contributed by atoms with Gasteiger partial charge in [0, 0.05) is 5.69 Å². The van der Waals surface area contributed by atoms with Crippen molar-refractivity contribution in [3.8, 4) is 0 Å². The van der Waals surface area contributed by atoms with E-state index in [-0.39, 0.29) is 16.7 Å². The average molecular weight is 457 g/mol. The van der Waals surface area contributed by atoms with E-state index in [0.717, 1.165) is 12.1 Å². The van der Waals surface area contributed by atoms with Crippen molar-refractivity contribution in [1.82, 2.24) is 9.78 Å². The maximum absolute atomic E-state index is 13.3. The highest BCUT2D eigenvalue weighted by molar-refractivity contribution is 7.80. The van der Waals surface area contributed by atoms with Crippen LogP contribution in [-0.4, -0.2) is 14.9 Å². The van der Waals surface area contributed by atoms with Crippen molar-refractivity contribution in [3.05, 3.63) is 75.8 Å². The van der Waals surface area contributed by atoms with Crippen molar-refractivity contribution < 1.29 is 17.6 Å². The predicted molar refractivity (Wildman–Crippen MR) is 114 cm³/mol. The number of thiocarbonyl (C=S) groups is 1. The van der Waals surface area contributed by atoms with Crippen LogP contribution in [0.25, 0.3) is 0 Å². The molecule has 0 saturated heterocycles. The van der Waals surface area contributed by atoms with E-state index < -0.39 is 17.6 Å². The lowest BCUT2D eigenvalue weighted by Crippen LogP contribution is -2.20. The smallest absolute Gasteiger partial charge is 0.332 e. The van der Waals surface area contributed by atoms with Crippen LogP contribution < -0.4 is 10.6 Å². The van der Waals surface area contributed by atoms with Crippen molar-refractivity contribution in [2.75, 3.05) is 10.6 Å². The van der Waals surface area contributed by atoms with Crippen LogP contribution in [0.3, 0.4) is 0 Å². The number of halogens is 5. The van der Waals surface area contributed by atoms with E-state index in [1.54, 1.807) is 24.6 Å². The maximum atomic E-state index is 13.3. The topological polar surface area (TPSA) is 41.9 Å². The minimum atomic E-state index is -4.40. The van der Waals surface area contributed by atoms with Gasteiger partial charge < -0.3 is 10.6 Å². The molecule has 0 spiro atoms. The highest BCUT2D eigenvalue weighted by Gasteiger charge is 2.30. The summed E-state index contributed by atoms with van der Waals surface area (Å²) in [4.78, 5) is 0. The highest BCUT2D eigenvalue weighted by atomic mass is 35.5.